The van der Waals surface area contributed by atoms with Crippen molar-refractivity contribution >= 4 is 21.4 Å². The monoisotopic (exact) mass is 255 g/mol. The van der Waals surface area contributed by atoms with Crippen molar-refractivity contribution in [2.45, 2.75) is 32.7 Å². The van der Waals surface area contributed by atoms with Crippen LogP contribution >= 0.6 is 11.3 Å². The van der Waals surface area contributed by atoms with Gasteiger partial charge in [0.25, 0.3) is 0 Å². The average Bonchev–Trinajstić information content (AvgIpc) is 2.55. The number of hydrogen-bond donors (Lipinski definition) is 1. The van der Waals surface area contributed by atoms with Gasteiger partial charge in [0.05, 0.1) is 4.70 Å². The minimum atomic E-state index is -0.540. The predicted molar refractivity (Wildman–Crippen MR) is 68.3 cm³/mol. The van der Waals surface area contributed by atoms with E-state index in [0.29, 0.717) is 16.6 Å². The molecule has 0 radical (unpaired) electrons. The van der Waals surface area contributed by atoms with E-state index in [2.05, 4.69) is 0 Å². The van der Waals surface area contributed by atoms with E-state index in [-0.39, 0.29) is 5.41 Å². The molecule has 1 aromatic heterocycles. The summed E-state index contributed by atoms with van der Waals surface area (Å²) in [7, 11) is 0. The maximum atomic E-state index is 13.7. The Hall–Kier alpha value is -1.00. The van der Waals surface area contributed by atoms with E-state index in [1.165, 1.54) is 17.4 Å². The lowest BCUT2D eigenvalue weighted by Gasteiger charge is -2.20. The van der Waals surface area contributed by atoms with Gasteiger partial charge in [0, 0.05) is 22.9 Å². The Labute approximate surface area is 103 Å². The maximum Gasteiger partial charge on any atom is 0.143 e. The largest absolute Gasteiger partial charge is 0.326 e. The average molecular weight is 255 g/mol. The fraction of sp³-hybridized carbons (Fsp3) is 0.385. The SMILES string of the molecule is CC(C)(C)c1c(CN)sc2c(F)cc(F)cc12. The van der Waals surface area contributed by atoms with Crippen LogP contribution in [0.1, 0.15) is 31.2 Å². The quantitative estimate of drug-likeness (QED) is 0.820. The summed E-state index contributed by atoms with van der Waals surface area (Å²) >= 11 is 1.32. The van der Waals surface area contributed by atoms with Crippen LogP contribution in [0.25, 0.3) is 10.1 Å². The van der Waals surface area contributed by atoms with E-state index in [9.17, 15) is 8.78 Å². The third-order valence-corrected chi connectivity index (χ3v) is 3.95. The first-order valence-corrected chi connectivity index (χ1v) is 6.27. The molecule has 0 unspecified atom stereocenters. The smallest absolute Gasteiger partial charge is 0.143 e. The Kier molecular flexibility index (Phi) is 2.96. The van der Waals surface area contributed by atoms with Crippen molar-refractivity contribution in [1.29, 1.82) is 0 Å². The van der Waals surface area contributed by atoms with Crippen LogP contribution in [0.4, 0.5) is 8.78 Å². The lowest BCUT2D eigenvalue weighted by atomic mass is 9.85. The number of hydrogen-bond acceptors (Lipinski definition) is 2. The molecule has 0 spiro atoms. The van der Waals surface area contributed by atoms with E-state index in [0.717, 1.165) is 16.5 Å². The van der Waals surface area contributed by atoms with Crippen LogP contribution in [0.15, 0.2) is 12.1 Å². The van der Waals surface area contributed by atoms with Crippen molar-refractivity contribution in [3.8, 4) is 0 Å². The van der Waals surface area contributed by atoms with Crippen LogP contribution in [0.2, 0.25) is 0 Å². The Morgan fingerprint density at radius 3 is 2.41 bits per heavy atom. The molecule has 2 aromatic rings. The molecule has 0 aliphatic carbocycles. The molecule has 1 heterocycles. The van der Waals surface area contributed by atoms with Crippen molar-refractivity contribution < 1.29 is 8.78 Å². The molecule has 17 heavy (non-hydrogen) atoms. The molecule has 0 amide bonds. The van der Waals surface area contributed by atoms with E-state index >= 15 is 0 Å². The van der Waals surface area contributed by atoms with Crippen LogP contribution in [0, 0.1) is 11.6 Å². The van der Waals surface area contributed by atoms with E-state index in [1.807, 2.05) is 20.8 Å². The predicted octanol–water partition coefficient (Wildman–Crippen LogP) is 3.94. The molecule has 1 nitrogen and oxygen atoms in total. The van der Waals surface area contributed by atoms with Crippen molar-refractivity contribution in [2.24, 2.45) is 5.73 Å². The fourth-order valence-electron chi connectivity index (χ4n) is 2.14. The second-order valence-electron chi connectivity index (χ2n) is 5.12. The first-order chi connectivity index (χ1) is 7.84. The molecule has 0 bridgehead atoms. The molecule has 2 N–H and O–H groups in total. The number of halogens is 2. The van der Waals surface area contributed by atoms with Crippen molar-refractivity contribution in [2.75, 3.05) is 0 Å². The Morgan fingerprint density at radius 1 is 1.24 bits per heavy atom. The zero-order chi connectivity index (χ0) is 12.8. The van der Waals surface area contributed by atoms with Crippen molar-refractivity contribution in [3.63, 3.8) is 0 Å². The van der Waals surface area contributed by atoms with Gasteiger partial charge in [0.15, 0.2) is 0 Å². The molecule has 0 atom stereocenters. The number of benzene rings is 1. The van der Waals surface area contributed by atoms with Crippen LogP contribution in [-0.4, -0.2) is 0 Å². The van der Waals surface area contributed by atoms with Gasteiger partial charge in [-0.1, -0.05) is 20.8 Å². The molecule has 1 aromatic carbocycles. The van der Waals surface area contributed by atoms with Gasteiger partial charge >= 0.3 is 0 Å². The third-order valence-electron chi connectivity index (χ3n) is 2.72. The van der Waals surface area contributed by atoms with E-state index < -0.39 is 11.6 Å². The van der Waals surface area contributed by atoms with Crippen LogP contribution in [-0.2, 0) is 12.0 Å². The summed E-state index contributed by atoms with van der Waals surface area (Å²) in [6.45, 7) is 6.43. The molecule has 92 valence electrons. The van der Waals surface area contributed by atoms with Gasteiger partial charge in [-0.15, -0.1) is 11.3 Å². The summed E-state index contributed by atoms with van der Waals surface area (Å²) in [6, 6.07) is 2.32. The molecule has 4 heteroatoms. The van der Waals surface area contributed by atoms with E-state index in [1.54, 1.807) is 0 Å². The number of nitrogens with two attached hydrogens (primary N) is 1. The Morgan fingerprint density at radius 2 is 1.88 bits per heavy atom. The summed E-state index contributed by atoms with van der Waals surface area (Å²) < 4.78 is 27.5. The highest BCUT2D eigenvalue weighted by Crippen LogP contribution is 2.40. The summed E-state index contributed by atoms with van der Waals surface area (Å²) in [5.41, 5.74) is 6.48. The Balaban J connectivity index is 2.88. The van der Waals surface area contributed by atoms with E-state index in [4.69, 9.17) is 5.73 Å². The minimum Gasteiger partial charge on any atom is -0.326 e. The first kappa shape index (κ1) is 12.5. The van der Waals surface area contributed by atoms with Crippen molar-refractivity contribution in [1.82, 2.24) is 0 Å². The molecule has 2 rings (SSSR count). The van der Waals surface area contributed by atoms with Crippen molar-refractivity contribution in [3.05, 3.63) is 34.2 Å². The lowest BCUT2D eigenvalue weighted by molar-refractivity contribution is 0.584. The van der Waals surface area contributed by atoms with Crippen LogP contribution in [0.3, 0.4) is 0 Å². The lowest BCUT2D eigenvalue weighted by Crippen LogP contribution is -2.14. The topological polar surface area (TPSA) is 26.0 Å². The zero-order valence-electron chi connectivity index (χ0n) is 10.1. The normalized spacial score (nSPS) is 12.4. The minimum absolute atomic E-state index is 0.173. The van der Waals surface area contributed by atoms with Crippen LogP contribution < -0.4 is 5.73 Å². The number of rotatable bonds is 1. The number of thiophene rings is 1. The Bertz CT molecular complexity index is 567. The molecule has 0 aliphatic rings. The second-order valence-corrected chi connectivity index (χ2v) is 6.22. The molecular weight excluding hydrogens is 240 g/mol. The summed E-state index contributed by atoms with van der Waals surface area (Å²) in [4.78, 5) is 0.928. The van der Waals surface area contributed by atoms with Gasteiger partial charge in [-0.2, -0.15) is 0 Å². The summed E-state index contributed by atoms with van der Waals surface area (Å²) in [6.07, 6.45) is 0. The molecule has 0 saturated carbocycles. The number of fused-ring (bicyclic) bond motifs is 1. The van der Waals surface area contributed by atoms with Gasteiger partial charge in [-0.3, -0.25) is 0 Å². The van der Waals surface area contributed by atoms with Gasteiger partial charge in [-0.25, -0.2) is 8.78 Å². The maximum absolute atomic E-state index is 13.7. The third kappa shape index (κ3) is 2.07. The van der Waals surface area contributed by atoms with Crippen LogP contribution in [0.5, 0.6) is 0 Å². The zero-order valence-corrected chi connectivity index (χ0v) is 10.9. The molecule has 0 aliphatic heterocycles. The fourth-order valence-corrected chi connectivity index (χ4v) is 3.42. The van der Waals surface area contributed by atoms with Gasteiger partial charge in [-0.05, 0) is 17.0 Å². The second kappa shape index (κ2) is 4.03. The molecular formula is C13H15F2NS. The summed E-state index contributed by atoms with van der Waals surface area (Å²) in [5.74, 6) is -1.04. The van der Waals surface area contributed by atoms with Gasteiger partial charge in [0.2, 0.25) is 0 Å². The highest BCUT2D eigenvalue weighted by Gasteiger charge is 2.24. The van der Waals surface area contributed by atoms with Gasteiger partial charge in [0.1, 0.15) is 11.6 Å². The standard InChI is InChI=1S/C13H15F2NS/c1-13(2,3)11-8-4-7(14)5-9(15)12(8)17-10(11)6-16/h4-5H,6,16H2,1-3H3. The molecule has 0 saturated heterocycles. The molecule has 0 fully saturated rings. The summed E-state index contributed by atoms with van der Waals surface area (Å²) in [5, 5.41) is 0.653. The highest BCUT2D eigenvalue weighted by molar-refractivity contribution is 7.19. The first-order valence-electron chi connectivity index (χ1n) is 5.45. The van der Waals surface area contributed by atoms with Gasteiger partial charge < -0.3 is 5.73 Å². The highest BCUT2D eigenvalue weighted by atomic mass is 32.1.